The molecule has 0 aromatic heterocycles. The quantitative estimate of drug-likeness (QED) is 0.0203. The van der Waals surface area contributed by atoms with Crippen LogP contribution in [-0.2, 0) is 23.9 Å². The van der Waals surface area contributed by atoms with Crippen LogP contribution in [0.4, 0.5) is 0 Å². The number of aliphatic carboxylic acids is 1. The molecule has 0 heterocycles. The van der Waals surface area contributed by atoms with Gasteiger partial charge in [-0.3, -0.25) is 14.4 Å². The van der Waals surface area contributed by atoms with Crippen molar-refractivity contribution >= 4 is 29.7 Å². The lowest BCUT2D eigenvalue weighted by atomic mass is 10.0. The number of aliphatic hydroxyl groups excluding tert-OH is 2. The van der Waals surface area contributed by atoms with Crippen LogP contribution in [0.25, 0.3) is 0 Å². The number of esters is 2. The maximum Gasteiger partial charge on any atom is 0.323 e. The second-order valence-electron chi connectivity index (χ2n) is 15.4. The predicted octanol–water partition coefficient (Wildman–Crippen LogP) is 11.1. The Labute approximate surface area is 351 Å². The van der Waals surface area contributed by atoms with Crippen LogP contribution in [0.5, 0.6) is 0 Å². The van der Waals surface area contributed by atoms with Crippen LogP contribution in [0, 0.1) is 0 Å². The Morgan fingerprint density at radius 2 is 1.14 bits per heavy atom. The molecule has 4 atom stereocenters. The van der Waals surface area contributed by atoms with Gasteiger partial charge >= 0.3 is 17.9 Å². The first kappa shape index (κ1) is 54.6. The number of aliphatic hydroxyl groups is 2. The van der Waals surface area contributed by atoms with Crippen molar-refractivity contribution in [2.45, 2.75) is 211 Å². The molecule has 10 heteroatoms. The zero-order valence-corrected chi connectivity index (χ0v) is 36.8. The minimum absolute atomic E-state index is 0.0427. The molecule has 0 bridgehead atoms. The van der Waals surface area contributed by atoms with E-state index in [2.05, 4.69) is 32.1 Å². The normalized spacial score (nSPS) is 14.2. The minimum Gasteiger partial charge on any atom is -0.481 e. The minimum atomic E-state index is -1.16. The van der Waals surface area contributed by atoms with Crippen molar-refractivity contribution in [3.63, 3.8) is 0 Å². The van der Waals surface area contributed by atoms with Crippen molar-refractivity contribution in [1.82, 2.24) is 0 Å². The van der Waals surface area contributed by atoms with Crippen LogP contribution in [0.2, 0.25) is 0 Å². The molecule has 0 radical (unpaired) electrons. The average molecular weight is 822 g/mol. The van der Waals surface area contributed by atoms with E-state index in [1.807, 2.05) is 30.4 Å². The SMILES string of the molecule is CCCCC/C=C\C\C=C/C=C/C=C/[C@@H](SC[C@H](N)C(=O)OC[C@@H](O)COC(=O)CCCCCCCCCCCCCCCCCCCC)[C@@H](O)CCCC(=O)O. The van der Waals surface area contributed by atoms with Gasteiger partial charge in [-0.05, 0) is 38.5 Å². The molecular formula is C47H83NO8S. The Kier molecular flexibility index (Phi) is 40.0. The van der Waals surface area contributed by atoms with E-state index in [1.54, 1.807) is 0 Å². The predicted molar refractivity (Wildman–Crippen MR) is 238 cm³/mol. The number of thioether (sulfide) groups is 1. The lowest BCUT2D eigenvalue weighted by Crippen LogP contribution is -2.38. The summed E-state index contributed by atoms with van der Waals surface area (Å²) in [6.07, 6.45) is 43.4. The molecule has 0 aliphatic carbocycles. The van der Waals surface area contributed by atoms with Crippen molar-refractivity contribution in [3.05, 3.63) is 48.6 Å². The molecule has 0 aromatic carbocycles. The highest BCUT2D eigenvalue weighted by Gasteiger charge is 2.23. The molecule has 0 rings (SSSR count). The van der Waals surface area contributed by atoms with Crippen molar-refractivity contribution in [1.29, 1.82) is 0 Å². The molecule has 9 nitrogen and oxygen atoms in total. The van der Waals surface area contributed by atoms with Crippen molar-refractivity contribution in [2.75, 3.05) is 19.0 Å². The third-order valence-electron chi connectivity index (χ3n) is 9.81. The lowest BCUT2D eigenvalue weighted by Gasteiger charge is -2.21. The topological polar surface area (TPSA) is 156 Å². The summed E-state index contributed by atoms with van der Waals surface area (Å²) < 4.78 is 10.3. The van der Waals surface area contributed by atoms with E-state index >= 15 is 0 Å². The zero-order chi connectivity index (χ0) is 42.0. The van der Waals surface area contributed by atoms with Crippen LogP contribution >= 0.6 is 11.8 Å². The second kappa shape index (κ2) is 41.7. The van der Waals surface area contributed by atoms with Gasteiger partial charge in [0.2, 0.25) is 0 Å². The van der Waals surface area contributed by atoms with E-state index in [0.29, 0.717) is 12.8 Å². The van der Waals surface area contributed by atoms with Crippen LogP contribution in [0.3, 0.4) is 0 Å². The second-order valence-corrected chi connectivity index (χ2v) is 16.6. The molecule has 0 aromatic rings. The van der Waals surface area contributed by atoms with Gasteiger partial charge in [0.25, 0.3) is 0 Å². The van der Waals surface area contributed by atoms with Gasteiger partial charge in [-0.15, -0.1) is 11.8 Å². The van der Waals surface area contributed by atoms with E-state index in [4.69, 9.17) is 20.3 Å². The summed E-state index contributed by atoms with van der Waals surface area (Å²) >= 11 is 1.27. The number of carbonyl (C=O) groups is 3. The Hall–Kier alpha value is -2.40. The van der Waals surface area contributed by atoms with E-state index in [0.717, 1.165) is 32.1 Å². The van der Waals surface area contributed by atoms with Gasteiger partial charge in [0.15, 0.2) is 0 Å². The monoisotopic (exact) mass is 822 g/mol. The Balaban J connectivity index is 4.21. The summed E-state index contributed by atoms with van der Waals surface area (Å²) in [7, 11) is 0. The first-order chi connectivity index (χ1) is 27.7. The molecule has 0 aliphatic rings. The number of allylic oxidation sites excluding steroid dienone is 7. The molecule has 0 saturated heterocycles. The van der Waals surface area contributed by atoms with Gasteiger partial charge in [-0.2, -0.15) is 0 Å². The highest BCUT2D eigenvalue weighted by Crippen LogP contribution is 2.22. The van der Waals surface area contributed by atoms with Crippen molar-refractivity contribution in [3.8, 4) is 0 Å². The highest BCUT2D eigenvalue weighted by molar-refractivity contribution is 8.00. The molecule has 0 aliphatic heterocycles. The number of hydrogen-bond donors (Lipinski definition) is 4. The molecule has 330 valence electrons. The number of nitrogens with two attached hydrogens (primary N) is 1. The summed E-state index contributed by atoms with van der Waals surface area (Å²) in [4.78, 5) is 35.6. The van der Waals surface area contributed by atoms with E-state index in [1.165, 1.54) is 127 Å². The third-order valence-corrected chi connectivity index (χ3v) is 11.2. The highest BCUT2D eigenvalue weighted by atomic mass is 32.2. The number of carboxylic acid groups (broad SMARTS) is 1. The van der Waals surface area contributed by atoms with Gasteiger partial charge in [-0.1, -0.05) is 184 Å². The van der Waals surface area contributed by atoms with Gasteiger partial charge in [-0.25, -0.2) is 0 Å². The number of carboxylic acids is 1. The third kappa shape index (κ3) is 38.9. The van der Waals surface area contributed by atoms with Gasteiger partial charge in [0, 0.05) is 23.8 Å². The standard InChI is InChI=1S/C47H83NO8S/c1-3-5-7-9-11-13-15-17-18-19-20-21-22-24-26-28-30-32-37-46(53)55-38-41(49)39-56-47(54)42(48)40-57-44(43(50)34-33-36-45(51)52)35-31-29-27-25-23-16-14-12-10-8-6-4-2/h12,14,23,25,27,29,31,35,41-44,49-50H,3-11,13,15-22,24,26,28,30,32-34,36-40,48H2,1-2H3,(H,51,52)/b14-12-,25-23-,29-27+,35-31+/t41-,42-,43-,44+/m0/s1. The van der Waals surface area contributed by atoms with Gasteiger partial charge in [0.1, 0.15) is 25.4 Å². The fourth-order valence-corrected chi connectivity index (χ4v) is 7.36. The number of ether oxygens (including phenoxy) is 2. The van der Waals surface area contributed by atoms with Crippen LogP contribution in [0.15, 0.2) is 48.6 Å². The first-order valence-corrected chi connectivity index (χ1v) is 23.7. The number of unbranched alkanes of at least 4 members (excludes halogenated alkanes) is 20. The molecule has 5 N–H and O–H groups in total. The fraction of sp³-hybridized carbons (Fsp3) is 0.766. The summed E-state index contributed by atoms with van der Waals surface area (Å²) in [5.74, 6) is -1.86. The number of hydrogen-bond acceptors (Lipinski definition) is 9. The average Bonchev–Trinajstić information content (AvgIpc) is 3.19. The van der Waals surface area contributed by atoms with Gasteiger partial charge < -0.3 is 30.5 Å². The van der Waals surface area contributed by atoms with E-state index in [-0.39, 0.29) is 37.8 Å². The Morgan fingerprint density at radius 1 is 0.614 bits per heavy atom. The lowest BCUT2D eigenvalue weighted by molar-refractivity contribution is -0.153. The maximum absolute atomic E-state index is 12.5. The Bertz CT molecular complexity index is 1080. The fourth-order valence-electron chi connectivity index (χ4n) is 6.23. The van der Waals surface area contributed by atoms with Crippen molar-refractivity contribution in [2.24, 2.45) is 5.73 Å². The largest absolute Gasteiger partial charge is 0.481 e. The van der Waals surface area contributed by atoms with Crippen LogP contribution in [0.1, 0.15) is 187 Å². The number of rotatable bonds is 41. The molecule has 0 saturated carbocycles. The summed E-state index contributed by atoms with van der Waals surface area (Å²) in [5.41, 5.74) is 6.07. The molecule has 0 spiro atoms. The van der Waals surface area contributed by atoms with E-state index < -0.39 is 35.4 Å². The molecule has 0 fully saturated rings. The maximum atomic E-state index is 12.5. The number of carbonyl (C=O) groups excluding carboxylic acids is 2. The summed E-state index contributed by atoms with van der Waals surface area (Å²) in [6, 6.07) is -1.01. The van der Waals surface area contributed by atoms with Crippen LogP contribution in [-0.4, -0.2) is 75.7 Å². The molecular weight excluding hydrogens is 739 g/mol. The smallest absolute Gasteiger partial charge is 0.323 e. The van der Waals surface area contributed by atoms with E-state index in [9.17, 15) is 24.6 Å². The van der Waals surface area contributed by atoms with Crippen LogP contribution < -0.4 is 5.73 Å². The summed E-state index contributed by atoms with van der Waals surface area (Å²) in [6.45, 7) is 3.85. The first-order valence-electron chi connectivity index (χ1n) is 22.6. The van der Waals surface area contributed by atoms with Gasteiger partial charge in [0.05, 0.1) is 6.10 Å². The molecule has 0 amide bonds. The van der Waals surface area contributed by atoms with Crippen molar-refractivity contribution < 1.29 is 39.2 Å². The molecule has 57 heavy (non-hydrogen) atoms. The Morgan fingerprint density at radius 3 is 1.72 bits per heavy atom. The zero-order valence-electron chi connectivity index (χ0n) is 36.0. The summed E-state index contributed by atoms with van der Waals surface area (Å²) in [5, 5.41) is 29.5. The molecule has 0 unspecified atom stereocenters.